The number of fused-ring (bicyclic) bond motifs is 2. The van der Waals surface area contributed by atoms with Gasteiger partial charge >= 0.3 is 6.03 Å². The van der Waals surface area contributed by atoms with E-state index in [9.17, 15) is 9.59 Å². The maximum Gasteiger partial charge on any atom is 0.327 e. The van der Waals surface area contributed by atoms with Gasteiger partial charge < -0.3 is 9.64 Å². The summed E-state index contributed by atoms with van der Waals surface area (Å²) < 4.78 is 6.12. The lowest BCUT2D eigenvalue weighted by molar-refractivity contribution is -0.128. The van der Waals surface area contributed by atoms with Crippen LogP contribution in [-0.4, -0.2) is 65.6 Å². The normalized spacial score (nSPS) is 24.8. The third-order valence-corrected chi connectivity index (χ3v) is 6.06. The van der Waals surface area contributed by atoms with Gasteiger partial charge in [0.05, 0.1) is 0 Å². The number of piperidine rings is 1. The Morgan fingerprint density at radius 2 is 2.00 bits per heavy atom. The molecule has 4 rings (SSSR count). The van der Waals surface area contributed by atoms with Crippen LogP contribution in [-0.2, 0) is 11.2 Å². The molecule has 1 aromatic rings. The Labute approximate surface area is 161 Å². The fraction of sp³-hybridized carbons (Fsp3) is 0.619. The maximum atomic E-state index is 12.5. The number of urea groups is 1. The highest BCUT2D eigenvalue weighted by molar-refractivity contribution is 6.04. The molecular formula is C21H29N3O3. The fourth-order valence-electron chi connectivity index (χ4n) is 4.45. The molecule has 2 saturated heterocycles. The summed E-state index contributed by atoms with van der Waals surface area (Å²) in [5.41, 5.74) is 1.28. The van der Waals surface area contributed by atoms with Crippen molar-refractivity contribution in [2.24, 2.45) is 0 Å². The van der Waals surface area contributed by atoms with Crippen molar-refractivity contribution in [3.63, 3.8) is 0 Å². The Morgan fingerprint density at radius 3 is 2.85 bits per heavy atom. The molecule has 1 aromatic carbocycles. The minimum Gasteiger partial charge on any atom is -0.475 e. The molecular weight excluding hydrogens is 342 g/mol. The zero-order chi connectivity index (χ0) is 18.8. The zero-order valence-electron chi connectivity index (χ0n) is 16.1. The predicted molar refractivity (Wildman–Crippen MR) is 102 cm³/mol. The summed E-state index contributed by atoms with van der Waals surface area (Å²) in [5.74, 6) is 1.01. The Balaban J connectivity index is 1.22. The fourth-order valence-corrected chi connectivity index (χ4v) is 4.45. The number of hydrogen-bond acceptors (Lipinski definition) is 4. The van der Waals surface area contributed by atoms with E-state index < -0.39 is 0 Å². The average Bonchev–Trinajstić information content (AvgIpc) is 2.95. The first-order valence-corrected chi connectivity index (χ1v) is 10.2. The van der Waals surface area contributed by atoms with Crippen molar-refractivity contribution in [1.29, 1.82) is 0 Å². The number of hydrogen-bond donors (Lipinski definition) is 0. The maximum absolute atomic E-state index is 12.5. The predicted octanol–water partition coefficient (Wildman–Crippen LogP) is 2.87. The monoisotopic (exact) mass is 371 g/mol. The lowest BCUT2D eigenvalue weighted by Gasteiger charge is -2.33. The van der Waals surface area contributed by atoms with Crippen LogP contribution in [0.1, 0.15) is 44.1 Å². The summed E-state index contributed by atoms with van der Waals surface area (Å²) >= 11 is 0. The van der Waals surface area contributed by atoms with Crippen molar-refractivity contribution in [2.75, 3.05) is 26.7 Å². The van der Waals surface area contributed by atoms with E-state index in [-0.39, 0.29) is 24.2 Å². The molecule has 3 aliphatic heterocycles. The Bertz CT molecular complexity index is 684. The van der Waals surface area contributed by atoms with Crippen LogP contribution in [0.25, 0.3) is 0 Å². The molecule has 0 bridgehead atoms. The molecule has 0 N–H and O–H groups in total. The van der Waals surface area contributed by atoms with Gasteiger partial charge in [-0.3, -0.25) is 14.6 Å². The van der Waals surface area contributed by atoms with Crippen LogP contribution in [0.15, 0.2) is 24.3 Å². The third kappa shape index (κ3) is 3.68. The number of carbonyl (C=O) groups is 2. The van der Waals surface area contributed by atoms with Gasteiger partial charge in [-0.1, -0.05) is 18.2 Å². The van der Waals surface area contributed by atoms with E-state index >= 15 is 0 Å². The van der Waals surface area contributed by atoms with Gasteiger partial charge in [0.2, 0.25) is 0 Å². The highest BCUT2D eigenvalue weighted by Gasteiger charge is 2.45. The van der Waals surface area contributed by atoms with E-state index in [1.807, 2.05) is 12.1 Å². The molecule has 2 unspecified atom stereocenters. The van der Waals surface area contributed by atoms with E-state index in [2.05, 4.69) is 24.1 Å². The molecule has 0 radical (unpaired) electrons. The molecule has 3 amide bonds. The second kappa shape index (κ2) is 7.89. The summed E-state index contributed by atoms with van der Waals surface area (Å²) in [4.78, 5) is 30.4. The minimum absolute atomic E-state index is 0.0141. The average molecular weight is 371 g/mol. The molecule has 2 atom stereocenters. The number of imide groups is 1. The highest BCUT2D eigenvalue weighted by atomic mass is 16.5. The van der Waals surface area contributed by atoms with Crippen molar-refractivity contribution in [2.45, 2.75) is 57.2 Å². The van der Waals surface area contributed by atoms with Crippen LogP contribution in [0.3, 0.4) is 0 Å². The van der Waals surface area contributed by atoms with Crippen molar-refractivity contribution in [1.82, 2.24) is 14.7 Å². The highest BCUT2D eigenvalue weighted by Crippen LogP contribution is 2.29. The van der Waals surface area contributed by atoms with E-state index in [4.69, 9.17) is 4.74 Å². The van der Waals surface area contributed by atoms with Crippen molar-refractivity contribution in [3.05, 3.63) is 29.8 Å². The lowest BCUT2D eigenvalue weighted by Crippen LogP contribution is -2.40. The van der Waals surface area contributed by atoms with Crippen molar-refractivity contribution < 1.29 is 14.3 Å². The van der Waals surface area contributed by atoms with Gasteiger partial charge in [-0.15, -0.1) is 0 Å². The zero-order valence-corrected chi connectivity index (χ0v) is 16.1. The number of benzene rings is 1. The van der Waals surface area contributed by atoms with E-state index in [0.717, 1.165) is 63.8 Å². The van der Waals surface area contributed by atoms with Gasteiger partial charge in [0.25, 0.3) is 5.91 Å². The topological polar surface area (TPSA) is 53.1 Å². The molecule has 146 valence electrons. The molecule has 6 heteroatoms. The standard InChI is InChI=1S/C21H29N3O3/c1-22(19-12-11-16-8-2-3-10-18(16)27-19)13-6-7-15-24-20(25)17-9-4-5-14-23(17)21(24)26/h2-3,8,10,17,19H,4-7,9,11-15H2,1H3. The number of rotatable bonds is 6. The van der Waals surface area contributed by atoms with Gasteiger partial charge in [-0.05, 0) is 57.2 Å². The Morgan fingerprint density at radius 1 is 1.15 bits per heavy atom. The third-order valence-electron chi connectivity index (χ3n) is 6.06. The number of unbranched alkanes of at least 4 members (excludes halogenated alkanes) is 1. The van der Waals surface area contributed by atoms with Gasteiger partial charge in [0.15, 0.2) is 6.23 Å². The van der Waals surface area contributed by atoms with Gasteiger partial charge in [0.1, 0.15) is 11.8 Å². The summed E-state index contributed by atoms with van der Waals surface area (Å²) in [6.07, 6.45) is 6.80. The van der Waals surface area contributed by atoms with Crippen LogP contribution < -0.4 is 4.74 Å². The number of carbonyl (C=O) groups excluding carboxylic acids is 2. The van der Waals surface area contributed by atoms with Gasteiger partial charge in [-0.2, -0.15) is 0 Å². The minimum atomic E-state index is -0.190. The first-order chi connectivity index (χ1) is 13.1. The summed E-state index contributed by atoms with van der Waals surface area (Å²) in [5, 5.41) is 0. The van der Waals surface area contributed by atoms with Crippen LogP contribution >= 0.6 is 0 Å². The molecule has 0 aromatic heterocycles. The Hall–Kier alpha value is -2.08. The molecule has 0 spiro atoms. The van der Waals surface area contributed by atoms with Gasteiger partial charge in [0, 0.05) is 26.1 Å². The van der Waals surface area contributed by atoms with Gasteiger partial charge in [-0.25, -0.2) is 4.79 Å². The van der Waals surface area contributed by atoms with E-state index in [1.54, 1.807) is 4.90 Å². The molecule has 27 heavy (non-hydrogen) atoms. The first-order valence-electron chi connectivity index (χ1n) is 10.2. The molecule has 6 nitrogen and oxygen atoms in total. The summed E-state index contributed by atoms with van der Waals surface area (Å²) in [6.45, 7) is 2.16. The van der Waals surface area contributed by atoms with Crippen LogP contribution in [0, 0.1) is 0 Å². The molecule has 0 aliphatic carbocycles. The molecule has 3 heterocycles. The van der Waals surface area contributed by atoms with Crippen LogP contribution in [0.4, 0.5) is 4.79 Å². The number of para-hydroxylation sites is 1. The van der Waals surface area contributed by atoms with Crippen molar-refractivity contribution >= 4 is 11.9 Å². The molecule has 0 saturated carbocycles. The largest absolute Gasteiger partial charge is 0.475 e. The number of amides is 3. The Kier molecular flexibility index (Phi) is 5.34. The van der Waals surface area contributed by atoms with E-state index in [1.165, 1.54) is 10.5 Å². The van der Waals surface area contributed by atoms with Crippen molar-refractivity contribution in [3.8, 4) is 5.75 Å². The second-order valence-corrected chi connectivity index (χ2v) is 7.88. The summed E-state index contributed by atoms with van der Waals surface area (Å²) in [7, 11) is 2.09. The lowest BCUT2D eigenvalue weighted by atomic mass is 10.0. The van der Waals surface area contributed by atoms with Crippen LogP contribution in [0.2, 0.25) is 0 Å². The SMILES string of the molecule is CN(CCCCN1C(=O)C2CCCCN2C1=O)C1CCc2ccccc2O1. The molecule has 3 aliphatic rings. The number of ether oxygens (including phenoxy) is 1. The molecule has 2 fully saturated rings. The summed E-state index contributed by atoms with van der Waals surface area (Å²) in [6, 6.07) is 7.96. The van der Waals surface area contributed by atoms with E-state index in [0.29, 0.717) is 6.54 Å². The number of nitrogens with zero attached hydrogens (tertiary/aromatic N) is 3. The first kappa shape index (κ1) is 18.3. The number of aryl methyl sites for hydroxylation is 1. The smallest absolute Gasteiger partial charge is 0.327 e. The quantitative estimate of drug-likeness (QED) is 0.570. The van der Waals surface area contributed by atoms with Crippen LogP contribution in [0.5, 0.6) is 5.75 Å². The second-order valence-electron chi connectivity index (χ2n) is 7.88.